The first kappa shape index (κ1) is 11.0. The standard InChI is InChI=1S/C12H25N/c1-3-4-6-10(2)12-8-5-7-11(12)9-13/h10-12H,3-9,13H2,1-2H3. The zero-order valence-electron chi connectivity index (χ0n) is 9.26. The van der Waals surface area contributed by atoms with E-state index in [1.54, 1.807) is 0 Å². The van der Waals surface area contributed by atoms with Gasteiger partial charge in [0.2, 0.25) is 0 Å². The van der Waals surface area contributed by atoms with Crippen LogP contribution >= 0.6 is 0 Å². The molecule has 78 valence electrons. The van der Waals surface area contributed by atoms with Gasteiger partial charge in [-0.1, -0.05) is 39.5 Å². The predicted octanol–water partition coefficient (Wildman–Crippen LogP) is 3.19. The molecule has 0 amide bonds. The molecule has 1 heteroatoms. The molecule has 0 radical (unpaired) electrons. The molecule has 0 saturated heterocycles. The van der Waals surface area contributed by atoms with Crippen LogP contribution in [0.3, 0.4) is 0 Å². The fourth-order valence-corrected chi connectivity index (χ4v) is 2.85. The van der Waals surface area contributed by atoms with E-state index >= 15 is 0 Å². The second-order valence-corrected chi connectivity index (χ2v) is 4.71. The number of unbranched alkanes of at least 4 members (excludes halogenated alkanes) is 1. The molecule has 3 atom stereocenters. The van der Waals surface area contributed by atoms with Crippen LogP contribution in [-0.4, -0.2) is 6.54 Å². The first-order valence-electron chi connectivity index (χ1n) is 5.99. The molecule has 0 bridgehead atoms. The van der Waals surface area contributed by atoms with E-state index in [-0.39, 0.29) is 0 Å². The highest BCUT2D eigenvalue weighted by Crippen LogP contribution is 2.38. The Kier molecular flexibility index (Phi) is 4.79. The van der Waals surface area contributed by atoms with Crippen molar-refractivity contribution in [3.63, 3.8) is 0 Å². The molecule has 1 saturated carbocycles. The van der Waals surface area contributed by atoms with E-state index in [9.17, 15) is 0 Å². The minimum absolute atomic E-state index is 0.840. The van der Waals surface area contributed by atoms with Crippen molar-refractivity contribution in [3.8, 4) is 0 Å². The smallest absolute Gasteiger partial charge is 0.00461 e. The molecule has 1 fully saturated rings. The van der Waals surface area contributed by atoms with E-state index in [1.807, 2.05) is 0 Å². The molecule has 0 spiro atoms. The van der Waals surface area contributed by atoms with Crippen molar-refractivity contribution in [1.82, 2.24) is 0 Å². The van der Waals surface area contributed by atoms with Crippen LogP contribution in [0.2, 0.25) is 0 Å². The predicted molar refractivity (Wildman–Crippen MR) is 58.6 cm³/mol. The minimum Gasteiger partial charge on any atom is -0.330 e. The Morgan fingerprint density at radius 3 is 2.77 bits per heavy atom. The summed E-state index contributed by atoms with van der Waals surface area (Å²) in [7, 11) is 0. The van der Waals surface area contributed by atoms with Gasteiger partial charge < -0.3 is 5.73 Å². The third-order valence-electron chi connectivity index (χ3n) is 3.76. The lowest BCUT2D eigenvalue weighted by molar-refractivity contribution is 0.265. The van der Waals surface area contributed by atoms with Gasteiger partial charge in [0.05, 0.1) is 0 Å². The Bertz CT molecular complexity index is 133. The van der Waals surface area contributed by atoms with Gasteiger partial charge in [-0.15, -0.1) is 0 Å². The molecular formula is C12H25N. The Morgan fingerprint density at radius 1 is 1.38 bits per heavy atom. The minimum atomic E-state index is 0.840. The molecule has 1 aliphatic rings. The van der Waals surface area contributed by atoms with Crippen molar-refractivity contribution in [2.75, 3.05) is 6.54 Å². The molecular weight excluding hydrogens is 158 g/mol. The number of rotatable bonds is 5. The van der Waals surface area contributed by atoms with Crippen LogP contribution in [0.25, 0.3) is 0 Å². The summed E-state index contributed by atoms with van der Waals surface area (Å²) in [6, 6.07) is 0. The van der Waals surface area contributed by atoms with Gasteiger partial charge in [-0.3, -0.25) is 0 Å². The molecule has 0 aromatic rings. The summed E-state index contributed by atoms with van der Waals surface area (Å²) >= 11 is 0. The van der Waals surface area contributed by atoms with Gasteiger partial charge in [-0.25, -0.2) is 0 Å². The molecule has 1 nitrogen and oxygen atoms in total. The van der Waals surface area contributed by atoms with E-state index in [1.165, 1.54) is 38.5 Å². The van der Waals surface area contributed by atoms with Crippen molar-refractivity contribution in [2.45, 2.75) is 52.4 Å². The largest absolute Gasteiger partial charge is 0.330 e. The molecule has 1 rings (SSSR count). The van der Waals surface area contributed by atoms with Crippen molar-refractivity contribution in [2.24, 2.45) is 23.5 Å². The fraction of sp³-hybridized carbons (Fsp3) is 1.00. The summed E-state index contributed by atoms with van der Waals surface area (Å²) in [4.78, 5) is 0. The van der Waals surface area contributed by atoms with Crippen molar-refractivity contribution in [1.29, 1.82) is 0 Å². The highest BCUT2D eigenvalue weighted by molar-refractivity contribution is 4.81. The topological polar surface area (TPSA) is 26.0 Å². The average molecular weight is 183 g/mol. The Labute approximate surface area is 83.1 Å². The lowest BCUT2D eigenvalue weighted by Gasteiger charge is -2.24. The van der Waals surface area contributed by atoms with Gasteiger partial charge in [0, 0.05) is 0 Å². The maximum Gasteiger partial charge on any atom is -0.00461 e. The summed E-state index contributed by atoms with van der Waals surface area (Å²) in [5.41, 5.74) is 5.79. The monoisotopic (exact) mass is 183 g/mol. The van der Waals surface area contributed by atoms with E-state index in [4.69, 9.17) is 5.73 Å². The first-order valence-corrected chi connectivity index (χ1v) is 5.99. The first-order chi connectivity index (χ1) is 6.29. The quantitative estimate of drug-likeness (QED) is 0.696. The third-order valence-corrected chi connectivity index (χ3v) is 3.76. The molecule has 1 aliphatic carbocycles. The SMILES string of the molecule is CCCCC(C)C1CCCC1CN. The lowest BCUT2D eigenvalue weighted by Crippen LogP contribution is -2.23. The molecule has 0 aromatic carbocycles. The van der Waals surface area contributed by atoms with Crippen LogP contribution in [0.1, 0.15) is 52.4 Å². The zero-order valence-corrected chi connectivity index (χ0v) is 9.26. The Hall–Kier alpha value is -0.0400. The normalized spacial score (nSPS) is 30.7. The highest BCUT2D eigenvalue weighted by atomic mass is 14.6. The summed E-state index contributed by atoms with van der Waals surface area (Å²) in [5, 5.41) is 0. The molecule has 0 aliphatic heterocycles. The second-order valence-electron chi connectivity index (χ2n) is 4.71. The maximum atomic E-state index is 5.79. The van der Waals surface area contributed by atoms with Crippen LogP contribution in [0, 0.1) is 17.8 Å². The fourth-order valence-electron chi connectivity index (χ4n) is 2.85. The van der Waals surface area contributed by atoms with Crippen LogP contribution in [-0.2, 0) is 0 Å². The maximum absolute atomic E-state index is 5.79. The van der Waals surface area contributed by atoms with E-state index in [0.717, 1.165) is 24.3 Å². The summed E-state index contributed by atoms with van der Waals surface area (Å²) in [6.07, 6.45) is 8.39. The summed E-state index contributed by atoms with van der Waals surface area (Å²) < 4.78 is 0. The van der Waals surface area contributed by atoms with Crippen LogP contribution in [0.15, 0.2) is 0 Å². The number of hydrogen-bond donors (Lipinski definition) is 1. The summed E-state index contributed by atoms with van der Waals surface area (Å²) in [6.45, 7) is 5.62. The van der Waals surface area contributed by atoms with E-state index in [2.05, 4.69) is 13.8 Å². The highest BCUT2D eigenvalue weighted by Gasteiger charge is 2.29. The third kappa shape index (κ3) is 2.98. The van der Waals surface area contributed by atoms with Gasteiger partial charge >= 0.3 is 0 Å². The summed E-state index contributed by atoms with van der Waals surface area (Å²) in [5.74, 6) is 2.69. The number of nitrogens with two attached hydrogens (primary N) is 1. The van der Waals surface area contributed by atoms with Gasteiger partial charge in [0.1, 0.15) is 0 Å². The van der Waals surface area contributed by atoms with Crippen LogP contribution in [0.5, 0.6) is 0 Å². The molecule has 2 N–H and O–H groups in total. The van der Waals surface area contributed by atoms with Crippen LogP contribution < -0.4 is 5.73 Å². The van der Waals surface area contributed by atoms with Gasteiger partial charge in [-0.2, -0.15) is 0 Å². The van der Waals surface area contributed by atoms with Crippen molar-refractivity contribution < 1.29 is 0 Å². The van der Waals surface area contributed by atoms with Crippen LogP contribution in [0.4, 0.5) is 0 Å². The Morgan fingerprint density at radius 2 is 2.15 bits per heavy atom. The molecule has 3 unspecified atom stereocenters. The van der Waals surface area contributed by atoms with E-state index < -0.39 is 0 Å². The zero-order chi connectivity index (χ0) is 9.68. The van der Waals surface area contributed by atoms with E-state index in [0.29, 0.717) is 0 Å². The lowest BCUT2D eigenvalue weighted by atomic mass is 9.82. The molecule has 13 heavy (non-hydrogen) atoms. The number of hydrogen-bond acceptors (Lipinski definition) is 1. The van der Waals surface area contributed by atoms with Crippen molar-refractivity contribution >= 4 is 0 Å². The van der Waals surface area contributed by atoms with Crippen molar-refractivity contribution in [3.05, 3.63) is 0 Å². The van der Waals surface area contributed by atoms with Gasteiger partial charge in [0.25, 0.3) is 0 Å². The molecule has 0 heterocycles. The van der Waals surface area contributed by atoms with Gasteiger partial charge in [0.15, 0.2) is 0 Å². The second kappa shape index (κ2) is 5.64. The molecule has 0 aromatic heterocycles. The average Bonchev–Trinajstić information content (AvgIpc) is 2.61. The van der Waals surface area contributed by atoms with Gasteiger partial charge in [-0.05, 0) is 37.1 Å². The Balaban J connectivity index is 2.31.